The molecule has 220 valence electrons. The summed E-state index contributed by atoms with van der Waals surface area (Å²) in [4.78, 5) is 22.3. The number of nitrogens with one attached hydrogen (secondary N) is 2. The molecule has 43 heavy (non-hydrogen) atoms. The molecular weight excluding hydrogens is 559 g/mol. The van der Waals surface area contributed by atoms with Crippen molar-refractivity contribution in [2.45, 2.75) is 32.9 Å². The molecule has 0 aliphatic carbocycles. The van der Waals surface area contributed by atoms with Gasteiger partial charge in [0.1, 0.15) is 51.9 Å². The minimum absolute atomic E-state index is 0.0127. The zero-order valence-corrected chi connectivity index (χ0v) is 23.8. The second kappa shape index (κ2) is 12.0. The van der Waals surface area contributed by atoms with Gasteiger partial charge in [0, 0.05) is 12.6 Å². The second-order valence-electron chi connectivity index (χ2n) is 10.1. The number of anilines is 2. The molecule has 5 aromatic rings. The molecule has 5 rings (SSSR count). The molecule has 1 atom stereocenters. The van der Waals surface area contributed by atoms with E-state index in [0.29, 0.717) is 16.9 Å². The monoisotopic (exact) mass is 588 g/mol. The molecule has 0 spiro atoms. The first-order valence-electron chi connectivity index (χ1n) is 13.5. The molecule has 11 heteroatoms. The first kappa shape index (κ1) is 29.3. The van der Waals surface area contributed by atoms with Crippen LogP contribution in [0.4, 0.5) is 24.8 Å². The largest absolute Gasteiger partial charge is 0.488 e. The Morgan fingerprint density at radius 1 is 0.953 bits per heavy atom. The Morgan fingerprint density at radius 3 is 2.40 bits per heavy atom. The quantitative estimate of drug-likeness (QED) is 0.201. The zero-order valence-electron chi connectivity index (χ0n) is 23.8. The Kier molecular flexibility index (Phi) is 8.16. The summed E-state index contributed by atoms with van der Waals surface area (Å²) >= 11 is 0. The van der Waals surface area contributed by atoms with Crippen LogP contribution in [0.25, 0.3) is 22.1 Å². The fourth-order valence-electron chi connectivity index (χ4n) is 4.81. The lowest BCUT2D eigenvalue weighted by molar-refractivity contribution is -0.111. The van der Waals surface area contributed by atoms with Crippen molar-refractivity contribution in [3.05, 3.63) is 112 Å². The number of nitrogens with two attached hydrogens (primary N) is 1. The van der Waals surface area contributed by atoms with Gasteiger partial charge in [-0.05, 0) is 68.8 Å². The van der Waals surface area contributed by atoms with E-state index < -0.39 is 28.9 Å². The summed E-state index contributed by atoms with van der Waals surface area (Å²) in [6, 6.07) is 13.1. The normalized spacial score (nSPS) is 11.9. The minimum atomic E-state index is -0.775. The van der Waals surface area contributed by atoms with E-state index >= 15 is 0 Å². The molecule has 2 aromatic heterocycles. The van der Waals surface area contributed by atoms with Gasteiger partial charge in [0.05, 0.1) is 17.7 Å². The minimum Gasteiger partial charge on any atom is -0.488 e. The summed E-state index contributed by atoms with van der Waals surface area (Å²) in [5.74, 6) is -1.14. The molecule has 0 aliphatic rings. The summed E-state index contributed by atoms with van der Waals surface area (Å²) in [6.07, 6.45) is 1.08. The Morgan fingerprint density at radius 2 is 1.70 bits per heavy atom. The van der Waals surface area contributed by atoms with Crippen LogP contribution in [0.15, 0.2) is 76.2 Å². The van der Waals surface area contributed by atoms with Gasteiger partial charge < -0.3 is 19.8 Å². The summed E-state index contributed by atoms with van der Waals surface area (Å²) in [5, 5.41) is 12.5. The fourth-order valence-corrected chi connectivity index (χ4v) is 4.81. The molecule has 0 aliphatic heterocycles. The molecule has 4 N–H and O–H groups in total. The van der Waals surface area contributed by atoms with Crippen molar-refractivity contribution in [2.75, 3.05) is 17.7 Å². The Labute approximate surface area is 245 Å². The molecular formula is C32H29F3N5O3+. The average Bonchev–Trinajstić information content (AvgIpc) is 2.97. The number of ether oxygens (including phenoxy) is 1. The van der Waals surface area contributed by atoms with Gasteiger partial charge in [0.25, 0.3) is 0 Å². The Balaban J connectivity index is 1.61. The van der Waals surface area contributed by atoms with Crippen LogP contribution in [-0.2, 0) is 0 Å². The van der Waals surface area contributed by atoms with Crippen molar-refractivity contribution >= 4 is 28.3 Å². The van der Waals surface area contributed by atoms with E-state index in [4.69, 9.17) is 14.6 Å². The van der Waals surface area contributed by atoms with Gasteiger partial charge in [0.15, 0.2) is 11.6 Å². The van der Waals surface area contributed by atoms with Crippen LogP contribution in [0.3, 0.4) is 0 Å². The van der Waals surface area contributed by atoms with Crippen molar-refractivity contribution in [3.63, 3.8) is 0 Å². The van der Waals surface area contributed by atoms with Crippen LogP contribution in [0, 0.1) is 17.5 Å². The highest BCUT2D eigenvalue weighted by Crippen LogP contribution is 2.33. The standard InChI is InChI=1S/C32H28F3N5O3/c1-16(2)42-23-12-11-19(14-22(23)35)28(36)27-31(37-4)38-15-39-32(27)40-17(3)30-25(18-7-5-8-20(33)13-18)29(41)26-21(34)9-6-10-24(26)43-30/h5-17,36H,1-4H3,(H2,37,38,39,40)/p+1. The third-order valence-corrected chi connectivity index (χ3v) is 6.71. The Hall–Kier alpha value is -5.19. The SMILES string of the molecule is CNc1ncnc(NC(C)c2oc3cccc(F)c3c(=O)c2-c2cccc(F)c2)c1C(=[NH2+])c1ccc(OC(C)C)c(F)c1. The number of rotatable bonds is 9. The van der Waals surface area contributed by atoms with Gasteiger partial charge in [0.2, 0.25) is 11.1 Å². The number of benzene rings is 3. The molecule has 1 unspecified atom stereocenters. The van der Waals surface area contributed by atoms with Crippen molar-refractivity contribution < 1.29 is 27.7 Å². The van der Waals surface area contributed by atoms with E-state index in [2.05, 4.69) is 20.6 Å². The molecule has 0 amide bonds. The topological polar surface area (TPSA) is 115 Å². The lowest BCUT2D eigenvalue weighted by Crippen LogP contribution is -2.42. The van der Waals surface area contributed by atoms with Crippen LogP contribution >= 0.6 is 0 Å². The van der Waals surface area contributed by atoms with Gasteiger partial charge in [-0.15, -0.1) is 0 Å². The van der Waals surface area contributed by atoms with Gasteiger partial charge >= 0.3 is 0 Å². The number of fused-ring (bicyclic) bond motifs is 1. The summed E-state index contributed by atoms with van der Waals surface area (Å²) in [5.41, 5.74) is 0.407. The molecule has 0 saturated carbocycles. The third-order valence-electron chi connectivity index (χ3n) is 6.71. The highest BCUT2D eigenvalue weighted by atomic mass is 19.1. The maximum Gasteiger partial charge on any atom is 0.218 e. The van der Waals surface area contributed by atoms with Gasteiger partial charge in [-0.2, -0.15) is 0 Å². The van der Waals surface area contributed by atoms with Crippen molar-refractivity contribution in [1.29, 1.82) is 0 Å². The van der Waals surface area contributed by atoms with Crippen LogP contribution in [0.1, 0.15) is 43.7 Å². The maximum absolute atomic E-state index is 14.9. The summed E-state index contributed by atoms with van der Waals surface area (Å²) < 4.78 is 55.5. The highest BCUT2D eigenvalue weighted by molar-refractivity contribution is 6.14. The smallest absolute Gasteiger partial charge is 0.218 e. The lowest BCUT2D eigenvalue weighted by Gasteiger charge is -2.20. The third kappa shape index (κ3) is 5.78. The number of aromatic nitrogens is 2. The molecule has 2 heterocycles. The van der Waals surface area contributed by atoms with Crippen molar-refractivity contribution in [3.8, 4) is 16.9 Å². The molecule has 0 saturated heterocycles. The van der Waals surface area contributed by atoms with E-state index in [9.17, 15) is 18.0 Å². The van der Waals surface area contributed by atoms with Gasteiger partial charge in [-0.3, -0.25) is 10.2 Å². The number of hydrogen-bond acceptors (Lipinski definition) is 7. The zero-order chi connectivity index (χ0) is 30.8. The lowest BCUT2D eigenvalue weighted by atomic mass is 9.98. The Bertz CT molecular complexity index is 1910. The first-order valence-corrected chi connectivity index (χ1v) is 13.5. The van der Waals surface area contributed by atoms with E-state index in [1.807, 2.05) is 0 Å². The molecule has 0 fully saturated rings. The first-order chi connectivity index (χ1) is 20.6. The predicted molar refractivity (Wildman–Crippen MR) is 159 cm³/mol. The van der Waals surface area contributed by atoms with Gasteiger partial charge in [-0.1, -0.05) is 18.2 Å². The van der Waals surface area contributed by atoms with E-state index in [1.54, 1.807) is 40.0 Å². The molecule has 0 radical (unpaired) electrons. The van der Waals surface area contributed by atoms with Crippen LogP contribution < -0.4 is 26.2 Å². The predicted octanol–water partition coefficient (Wildman–Crippen LogP) is 5.27. The van der Waals surface area contributed by atoms with Crippen molar-refractivity contribution in [2.24, 2.45) is 0 Å². The van der Waals surface area contributed by atoms with E-state index in [1.165, 1.54) is 48.8 Å². The highest BCUT2D eigenvalue weighted by Gasteiger charge is 2.27. The summed E-state index contributed by atoms with van der Waals surface area (Å²) in [7, 11) is 1.64. The number of hydrogen-bond donors (Lipinski definition) is 3. The number of halogens is 3. The average molecular weight is 589 g/mol. The van der Waals surface area contributed by atoms with Crippen LogP contribution in [-0.4, -0.2) is 28.8 Å². The number of nitrogens with zero attached hydrogens (tertiary/aromatic N) is 2. The molecule has 8 nitrogen and oxygen atoms in total. The molecule has 3 aromatic carbocycles. The van der Waals surface area contributed by atoms with Gasteiger partial charge in [-0.25, -0.2) is 23.1 Å². The van der Waals surface area contributed by atoms with E-state index in [0.717, 1.165) is 6.07 Å². The van der Waals surface area contributed by atoms with Crippen LogP contribution in [0.5, 0.6) is 5.75 Å². The fraction of sp³-hybridized carbons (Fsp3) is 0.188. The maximum atomic E-state index is 14.9. The van der Waals surface area contributed by atoms with E-state index in [-0.39, 0.29) is 51.2 Å². The molecule has 0 bridgehead atoms. The van der Waals surface area contributed by atoms with Crippen LogP contribution in [0.2, 0.25) is 0 Å². The summed E-state index contributed by atoms with van der Waals surface area (Å²) in [6.45, 7) is 5.29. The second-order valence-corrected chi connectivity index (χ2v) is 10.1. The van der Waals surface area contributed by atoms with Crippen molar-refractivity contribution in [1.82, 2.24) is 9.97 Å².